The van der Waals surface area contributed by atoms with Crippen LogP contribution in [0.25, 0.3) is 0 Å². The van der Waals surface area contributed by atoms with E-state index in [4.69, 9.17) is 21.1 Å². The van der Waals surface area contributed by atoms with Crippen molar-refractivity contribution in [2.75, 3.05) is 26.3 Å². The summed E-state index contributed by atoms with van der Waals surface area (Å²) < 4.78 is 25.0. The molecule has 0 aromatic heterocycles. The van der Waals surface area contributed by atoms with Gasteiger partial charge in [-0.05, 0) is 30.3 Å². The van der Waals surface area contributed by atoms with Crippen molar-refractivity contribution in [3.8, 4) is 5.75 Å². The van der Waals surface area contributed by atoms with E-state index in [0.29, 0.717) is 36.0 Å². The molecule has 1 aliphatic heterocycles. The quantitative estimate of drug-likeness (QED) is 0.848. The van der Waals surface area contributed by atoms with Crippen molar-refractivity contribution in [2.45, 2.75) is 6.10 Å². The van der Waals surface area contributed by atoms with E-state index in [1.807, 2.05) is 0 Å². The Labute approximate surface area is 144 Å². The van der Waals surface area contributed by atoms with Gasteiger partial charge in [-0.15, -0.1) is 0 Å². The van der Waals surface area contributed by atoms with Gasteiger partial charge in [0.1, 0.15) is 17.7 Å². The topological polar surface area (TPSA) is 38.8 Å². The smallest absolute Gasteiger partial charge is 0.260 e. The number of amides is 1. The summed E-state index contributed by atoms with van der Waals surface area (Å²) in [5.41, 5.74) is 0.466. The number of morpholine rings is 1. The summed E-state index contributed by atoms with van der Waals surface area (Å²) in [4.78, 5) is 14.0. The van der Waals surface area contributed by atoms with Crippen LogP contribution in [0.1, 0.15) is 11.7 Å². The normalized spacial score (nSPS) is 17.6. The van der Waals surface area contributed by atoms with Crippen LogP contribution in [-0.2, 0) is 9.53 Å². The Hall–Kier alpha value is -2.11. The lowest BCUT2D eigenvalue weighted by Crippen LogP contribution is -2.44. The Morgan fingerprint density at radius 1 is 1.25 bits per heavy atom. The van der Waals surface area contributed by atoms with Crippen molar-refractivity contribution in [3.05, 3.63) is 64.9 Å². The monoisotopic (exact) mass is 349 g/mol. The molecule has 0 N–H and O–H groups in total. The fourth-order valence-corrected chi connectivity index (χ4v) is 2.69. The SMILES string of the molecule is O=C(COc1ccc(Cl)cc1)N1CCOC(c2ccccc2F)C1. The second-order valence-corrected chi connectivity index (χ2v) is 5.90. The fraction of sp³-hybridized carbons (Fsp3) is 0.278. The average Bonchev–Trinajstić information content (AvgIpc) is 2.61. The van der Waals surface area contributed by atoms with Crippen LogP contribution in [-0.4, -0.2) is 37.1 Å². The Morgan fingerprint density at radius 3 is 2.75 bits per heavy atom. The molecule has 2 aromatic carbocycles. The number of hydrogen-bond donors (Lipinski definition) is 0. The number of rotatable bonds is 4. The second kappa shape index (κ2) is 7.64. The Kier molecular flexibility index (Phi) is 5.33. The summed E-state index contributed by atoms with van der Waals surface area (Å²) in [6.45, 7) is 1.06. The van der Waals surface area contributed by atoms with Gasteiger partial charge >= 0.3 is 0 Å². The minimum absolute atomic E-state index is 0.0778. The zero-order valence-electron chi connectivity index (χ0n) is 13.0. The third-order valence-corrected chi connectivity index (χ3v) is 4.10. The van der Waals surface area contributed by atoms with E-state index in [2.05, 4.69) is 0 Å². The maximum atomic E-state index is 13.9. The van der Waals surface area contributed by atoms with Crippen molar-refractivity contribution >= 4 is 17.5 Å². The highest BCUT2D eigenvalue weighted by atomic mass is 35.5. The zero-order valence-corrected chi connectivity index (χ0v) is 13.7. The highest BCUT2D eigenvalue weighted by Gasteiger charge is 2.27. The van der Waals surface area contributed by atoms with Crippen LogP contribution in [0.5, 0.6) is 5.75 Å². The minimum atomic E-state index is -0.459. The summed E-state index contributed by atoms with van der Waals surface area (Å²) >= 11 is 5.81. The van der Waals surface area contributed by atoms with E-state index >= 15 is 0 Å². The third kappa shape index (κ3) is 4.04. The molecule has 24 heavy (non-hydrogen) atoms. The maximum Gasteiger partial charge on any atom is 0.260 e. The van der Waals surface area contributed by atoms with E-state index in [-0.39, 0.29) is 18.3 Å². The first-order valence-electron chi connectivity index (χ1n) is 7.65. The van der Waals surface area contributed by atoms with Gasteiger partial charge in [0.15, 0.2) is 6.61 Å². The lowest BCUT2D eigenvalue weighted by atomic mass is 10.1. The molecular formula is C18H17ClFNO3. The molecule has 0 saturated carbocycles. The number of ether oxygens (including phenoxy) is 2. The van der Waals surface area contributed by atoms with Crippen LogP contribution in [0.15, 0.2) is 48.5 Å². The van der Waals surface area contributed by atoms with Crippen molar-refractivity contribution in [3.63, 3.8) is 0 Å². The molecule has 0 aliphatic carbocycles. The van der Waals surface area contributed by atoms with Crippen LogP contribution in [0.2, 0.25) is 5.02 Å². The predicted molar refractivity (Wildman–Crippen MR) is 88.6 cm³/mol. The molecule has 1 fully saturated rings. The van der Waals surface area contributed by atoms with Gasteiger partial charge in [-0.1, -0.05) is 29.8 Å². The van der Waals surface area contributed by atoms with Gasteiger partial charge in [-0.3, -0.25) is 4.79 Å². The highest BCUT2D eigenvalue weighted by molar-refractivity contribution is 6.30. The molecule has 1 heterocycles. The van der Waals surface area contributed by atoms with Gasteiger partial charge in [-0.25, -0.2) is 4.39 Å². The standard InChI is InChI=1S/C18H17ClFNO3/c19-13-5-7-14(8-6-13)24-12-18(22)21-9-10-23-17(11-21)15-3-1-2-4-16(15)20/h1-8,17H,9-12H2. The largest absolute Gasteiger partial charge is 0.484 e. The number of carbonyl (C=O) groups is 1. The van der Waals surface area contributed by atoms with Gasteiger partial charge in [0.05, 0.1) is 13.2 Å². The van der Waals surface area contributed by atoms with Crippen molar-refractivity contribution in [2.24, 2.45) is 0 Å². The van der Waals surface area contributed by atoms with E-state index < -0.39 is 6.10 Å². The van der Waals surface area contributed by atoms with Crippen LogP contribution < -0.4 is 4.74 Å². The van der Waals surface area contributed by atoms with Gasteiger partial charge in [0.2, 0.25) is 0 Å². The van der Waals surface area contributed by atoms with E-state index in [0.717, 1.165) is 0 Å². The van der Waals surface area contributed by atoms with Gasteiger partial charge in [0, 0.05) is 17.1 Å². The zero-order chi connectivity index (χ0) is 16.9. The predicted octanol–water partition coefficient (Wildman–Crippen LogP) is 3.46. The van der Waals surface area contributed by atoms with E-state index in [1.54, 1.807) is 47.4 Å². The molecule has 0 radical (unpaired) electrons. The summed E-state index contributed by atoms with van der Waals surface area (Å²) in [6, 6.07) is 13.3. The van der Waals surface area contributed by atoms with Crippen LogP contribution in [0.3, 0.4) is 0 Å². The molecule has 1 atom stereocenters. The fourth-order valence-electron chi connectivity index (χ4n) is 2.57. The minimum Gasteiger partial charge on any atom is -0.484 e. The van der Waals surface area contributed by atoms with Gasteiger partial charge in [0.25, 0.3) is 5.91 Å². The summed E-state index contributed by atoms with van der Waals surface area (Å²) in [6.07, 6.45) is -0.459. The molecule has 0 spiro atoms. The number of carbonyl (C=O) groups excluding carboxylic acids is 1. The van der Waals surface area contributed by atoms with E-state index in [9.17, 15) is 9.18 Å². The molecule has 0 bridgehead atoms. The first-order valence-corrected chi connectivity index (χ1v) is 8.03. The summed E-state index contributed by atoms with van der Waals surface area (Å²) in [5, 5.41) is 0.606. The summed E-state index contributed by atoms with van der Waals surface area (Å²) in [5.74, 6) is 0.0930. The van der Waals surface area contributed by atoms with Crippen LogP contribution >= 0.6 is 11.6 Å². The van der Waals surface area contributed by atoms with Crippen molar-refractivity contribution in [1.29, 1.82) is 0 Å². The van der Waals surface area contributed by atoms with Crippen molar-refractivity contribution < 1.29 is 18.7 Å². The molecule has 3 rings (SSSR count). The van der Waals surface area contributed by atoms with Gasteiger partial charge in [-0.2, -0.15) is 0 Å². The number of hydrogen-bond acceptors (Lipinski definition) is 3. The highest BCUT2D eigenvalue weighted by Crippen LogP contribution is 2.24. The summed E-state index contributed by atoms with van der Waals surface area (Å²) in [7, 11) is 0. The molecular weight excluding hydrogens is 333 g/mol. The Morgan fingerprint density at radius 2 is 2.00 bits per heavy atom. The number of benzene rings is 2. The number of nitrogens with zero attached hydrogens (tertiary/aromatic N) is 1. The van der Waals surface area contributed by atoms with E-state index in [1.165, 1.54) is 6.07 Å². The molecule has 1 unspecified atom stereocenters. The molecule has 4 nitrogen and oxygen atoms in total. The second-order valence-electron chi connectivity index (χ2n) is 5.46. The maximum absolute atomic E-state index is 13.9. The lowest BCUT2D eigenvalue weighted by Gasteiger charge is -2.33. The van der Waals surface area contributed by atoms with Crippen LogP contribution in [0.4, 0.5) is 4.39 Å². The Bertz CT molecular complexity index is 708. The number of halogens is 2. The Balaban J connectivity index is 1.59. The molecule has 1 aliphatic rings. The lowest BCUT2D eigenvalue weighted by molar-refractivity contribution is -0.141. The first-order chi connectivity index (χ1) is 11.6. The first kappa shape index (κ1) is 16.7. The van der Waals surface area contributed by atoms with Gasteiger partial charge < -0.3 is 14.4 Å². The molecule has 1 amide bonds. The molecule has 6 heteroatoms. The van der Waals surface area contributed by atoms with Crippen LogP contribution in [0, 0.1) is 5.82 Å². The van der Waals surface area contributed by atoms with Crippen molar-refractivity contribution in [1.82, 2.24) is 4.90 Å². The molecule has 2 aromatic rings. The average molecular weight is 350 g/mol. The molecule has 126 valence electrons. The third-order valence-electron chi connectivity index (χ3n) is 3.85. The molecule has 1 saturated heterocycles.